The van der Waals surface area contributed by atoms with E-state index in [0.717, 1.165) is 0 Å². The summed E-state index contributed by atoms with van der Waals surface area (Å²) >= 11 is 0. The number of aromatic carboxylic acids is 1. The molecule has 0 unspecified atom stereocenters. The minimum absolute atomic E-state index is 0.00701. The van der Waals surface area contributed by atoms with Gasteiger partial charge in [0.05, 0.1) is 17.5 Å². The van der Waals surface area contributed by atoms with Gasteiger partial charge in [-0.1, -0.05) is 0 Å². The summed E-state index contributed by atoms with van der Waals surface area (Å²) in [7, 11) is 0. The molecule has 1 aromatic carbocycles. The molecule has 0 saturated carbocycles. The van der Waals surface area contributed by atoms with Crippen LogP contribution < -0.4 is 0 Å². The van der Waals surface area contributed by atoms with Gasteiger partial charge in [-0.15, -0.1) is 10.2 Å². The van der Waals surface area contributed by atoms with E-state index in [1.165, 1.54) is 24.5 Å². The first-order valence-electron chi connectivity index (χ1n) is 7.62. The van der Waals surface area contributed by atoms with Crippen LogP contribution in [-0.4, -0.2) is 25.6 Å². The summed E-state index contributed by atoms with van der Waals surface area (Å²) in [6, 6.07) is 12.7. The zero-order valence-electron chi connectivity index (χ0n) is 13.3. The first kappa shape index (κ1) is 15.6. The van der Waals surface area contributed by atoms with Gasteiger partial charge in [-0.25, -0.2) is 9.78 Å². The van der Waals surface area contributed by atoms with Crippen LogP contribution in [0.15, 0.2) is 75.6 Å². The second-order valence-electron chi connectivity index (χ2n) is 5.40. The lowest BCUT2D eigenvalue weighted by Crippen LogP contribution is -1.93. The van der Waals surface area contributed by atoms with Crippen LogP contribution in [0.2, 0.25) is 0 Å². The van der Waals surface area contributed by atoms with Crippen molar-refractivity contribution in [2.24, 2.45) is 10.2 Å². The predicted octanol–water partition coefficient (Wildman–Crippen LogP) is 4.41. The number of hydrogen-bond donors (Lipinski definition) is 2. The summed E-state index contributed by atoms with van der Waals surface area (Å²) in [6.45, 7) is 0. The molecule has 0 aliphatic rings. The molecule has 3 heterocycles. The Morgan fingerprint density at radius 2 is 1.88 bits per heavy atom. The highest BCUT2D eigenvalue weighted by molar-refractivity contribution is 5.87. The van der Waals surface area contributed by atoms with Crippen LogP contribution in [0.3, 0.4) is 0 Å². The zero-order chi connectivity index (χ0) is 18.1. The number of aromatic nitrogens is 2. The first-order chi connectivity index (χ1) is 12.6. The standard InChI is InChI=1S/C18H12N4O4/c23-13-3-1-9-22-16(13)19-15(14-4-2-10-26-14)17(22)21-20-12-7-5-11(6-8-12)18(24)25/h1-10,23H,(H,24,25). The van der Waals surface area contributed by atoms with Gasteiger partial charge >= 0.3 is 5.97 Å². The summed E-state index contributed by atoms with van der Waals surface area (Å²) in [4.78, 5) is 15.3. The maximum Gasteiger partial charge on any atom is 0.335 e. The van der Waals surface area contributed by atoms with E-state index >= 15 is 0 Å². The fourth-order valence-electron chi connectivity index (χ4n) is 2.49. The number of furan rings is 1. The highest BCUT2D eigenvalue weighted by Gasteiger charge is 2.18. The van der Waals surface area contributed by atoms with E-state index in [1.54, 1.807) is 40.9 Å². The van der Waals surface area contributed by atoms with Gasteiger partial charge in [-0.05, 0) is 48.5 Å². The molecule has 4 rings (SSSR count). The second-order valence-corrected chi connectivity index (χ2v) is 5.40. The largest absolute Gasteiger partial charge is 0.504 e. The van der Waals surface area contributed by atoms with Gasteiger partial charge in [-0.2, -0.15) is 0 Å². The van der Waals surface area contributed by atoms with Gasteiger partial charge in [-0.3, -0.25) is 4.40 Å². The van der Waals surface area contributed by atoms with Crippen LogP contribution in [0, 0.1) is 0 Å². The normalized spacial score (nSPS) is 11.4. The van der Waals surface area contributed by atoms with Gasteiger partial charge in [0.25, 0.3) is 0 Å². The van der Waals surface area contributed by atoms with Crippen LogP contribution >= 0.6 is 0 Å². The predicted molar refractivity (Wildman–Crippen MR) is 92.1 cm³/mol. The molecular weight excluding hydrogens is 336 g/mol. The molecule has 0 amide bonds. The number of aromatic hydroxyl groups is 1. The lowest BCUT2D eigenvalue weighted by molar-refractivity contribution is 0.0697. The van der Waals surface area contributed by atoms with E-state index in [4.69, 9.17) is 9.52 Å². The van der Waals surface area contributed by atoms with E-state index in [-0.39, 0.29) is 11.3 Å². The molecule has 26 heavy (non-hydrogen) atoms. The first-order valence-corrected chi connectivity index (χ1v) is 7.62. The minimum atomic E-state index is -1.01. The highest BCUT2D eigenvalue weighted by atomic mass is 16.4. The minimum Gasteiger partial charge on any atom is -0.504 e. The maximum atomic E-state index is 10.9. The number of hydrogen-bond acceptors (Lipinski definition) is 6. The van der Waals surface area contributed by atoms with E-state index in [2.05, 4.69) is 15.2 Å². The molecule has 0 aliphatic carbocycles. The molecule has 0 aliphatic heterocycles. The number of nitrogens with zero attached hydrogens (tertiary/aromatic N) is 4. The molecule has 0 radical (unpaired) electrons. The number of fused-ring (bicyclic) bond motifs is 1. The molecule has 0 spiro atoms. The van der Waals surface area contributed by atoms with E-state index in [1.807, 2.05) is 0 Å². The van der Waals surface area contributed by atoms with Crippen LogP contribution in [0.4, 0.5) is 11.5 Å². The molecule has 128 valence electrons. The molecule has 2 N–H and O–H groups in total. The van der Waals surface area contributed by atoms with Crippen molar-refractivity contribution in [3.8, 4) is 17.2 Å². The summed E-state index contributed by atoms with van der Waals surface area (Å²) in [6.07, 6.45) is 3.22. The number of rotatable bonds is 4. The quantitative estimate of drug-likeness (QED) is 0.530. The molecule has 0 fully saturated rings. The lowest BCUT2D eigenvalue weighted by atomic mass is 10.2. The average Bonchev–Trinajstić information content (AvgIpc) is 3.28. The van der Waals surface area contributed by atoms with Gasteiger partial charge in [0.15, 0.2) is 28.7 Å². The molecule has 3 aromatic heterocycles. The fraction of sp³-hybridized carbons (Fsp3) is 0. The van der Waals surface area contributed by atoms with Crippen molar-refractivity contribution in [1.82, 2.24) is 9.38 Å². The summed E-state index contributed by atoms with van der Waals surface area (Å²) in [5, 5.41) is 27.4. The van der Waals surface area contributed by atoms with Crippen LogP contribution in [0.25, 0.3) is 17.1 Å². The monoisotopic (exact) mass is 348 g/mol. The Morgan fingerprint density at radius 1 is 1.08 bits per heavy atom. The molecule has 8 nitrogen and oxygen atoms in total. The zero-order valence-corrected chi connectivity index (χ0v) is 13.3. The van der Waals surface area contributed by atoms with E-state index < -0.39 is 5.97 Å². The van der Waals surface area contributed by atoms with Crippen molar-refractivity contribution in [2.75, 3.05) is 0 Å². The molecule has 0 saturated heterocycles. The van der Waals surface area contributed by atoms with Crippen molar-refractivity contribution >= 4 is 23.1 Å². The second kappa shape index (κ2) is 6.17. The number of carboxylic acids is 1. The Hall–Kier alpha value is -3.94. The average molecular weight is 348 g/mol. The van der Waals surface area contributed by atoms with Crippen molar-refractivity contribution in [2.45, 2.75) is 0 Å². The molecule has 0 bridgehead atoms. The van der Waals surface area contributed by atoms with Gasteiger partial charge < -0.3 is 14.6 Å². The maximum absolute atomic E-state index is 10.9. The summed E-state index contributed by atoms with van der Waals surface area (Å²) in [5.74, 6) is -0.130. The topological polar surface area (TPSA) is 113 Å². The molecule has 4 aromatic rings. The van der Waals surface area contributed by atoms with Crippen molar-refractivity contribution in [3.63, 3.8) is 0 Å². The molecule has 0 atom stereocenters. The Bertz CT molecular complexity index is 1110. The summed E-state index contributed by atoms with van der Waals surface area (Å²) in [5.41, 5.74) is 1.41. The van der Waals surface area contributed by atoms with Crippen LogP contribution in [-0.2, 0) is 0 Å². The van der Waals surface area contributed by atoms with E-state index in [0.29, 0.717) is 28.6 Å². The Morgan fingerprint density at radius 3 is 2.58 bits per heavy atom. The van der Waals surface area contributed by atoms with Gasteiger partial charge in [0, 0.05) is 6.20 Å². The lowest BCUT2D eigenvalue weighted by Gasteiger charge is -1.98. The van der Waals surface area contributed by atoms with Crippen molar-refractivity contribution < 1.29 is 19.4 Å². The third kappa shape index (κ3) is 2.69. The summed E-state index contributed by atoms with van der Waals surface area (Å²) < 4.78 is 7.00. The third-order valence-electron chi connectivity index (χ3n) is 3.73. The van der Waals surface area contributed by atoms with Crippen LogP contribution in [0.1, 0.15) is 10.4 Å². The fourth-order valence-corrected chi connectivity index (χ4v) is 2.49. The van der Waals surface area contributed by atoms with Crippen molar-refractivity contribution in [3.05, 3.63) is 66.6 Å². The Labute approximate surface area is 146 Å². The Balaban J connectivity index is 1.81. The Kier molecular flexibility index (Phi) is 3.70. The van der Waals surface area contributed by atoms with Gasteiger partial charge in [0.1, 0.15) is 0 Å². The third-order valence-corrected chi connectivity index (χ3v) is 3.73. The van der Waals surface area contributed by atoms with Crippen LogP contribution in [0.5, 0.6) is 5.75 Å². The number of benzene rings is 1. The smallest absolute Gasteiger partial charge is 0.335 e. The molecule has 8 heteroatoms. The SMILES string of the molecule is O=C(O)c1ccc(N=Nc2c(-c3ccco3)nc3c(O)cccn23)cc1. The number of pyridine rings is 1. The number of carboxylic acid groups (broad SMARTS) is 1. The number of imidazole rings is 1. The van der Waals surface area contributed by atoms with Crippen molar-refractivity contribution in [1.29, 1.82) is 0 Å². The van der Waals surface area contributed by atoms with E-state index in [9.17, 15) is 9.90 Å². The highest BCUT2D eigenvalue weighted by Crippen LogP contribution is 2.34. The van der Waals surface area contributed by atoms with Gasteiger partial charge in [0.2, 0.25) is 0 Å². The number of azo groups is 1. The molecular formula is C18H12N4O4. The number of carbonyl (C=O) groups is 1.